The van der Waals surface area contributed by atoms with Crippen molar-refractivity contribution < 1.29 is 38.4 Å². The van der Waals surface area contributed by atoms with E-state index in [1.54, 1.807) is 31.2 Å². The fourth-order valence-corrected chi connectivity index (χ4v) is 2.64. The number of ether oxygens (including phenoxy) is 4. The molecule has 0 heterocycles. The molecule has 0 radical (unpaired) electrons. The maximum Gasteiger partial charge on any atom is 0.417 e. The molecule has 1 saturated carbocycles. The molecule has 136 valence electrons. The van der Waals surface area contributed by atoms with Gasteiger partial charge in [0, 0.05) is 5.92 Å². The highest BCUT2D eigenvalue weighted by Crippen LogP contribution is 2.50. The summed E-state index contributed by atoms with van der Waals surface area (Å²) in [5.74, 6) is -3.92. The minimum Gasteiger partial charge on any atom is -0.497 e. The predicted octanol–water partition coefficient (Wildman–Crippen LogP) is 0.622. The van der Waals surface area contributed by atoms with Gasteiger partial charge in [-0.25, -0.2) is 9.59 Å². The third-order valence-corrected chi connectivity index (χ3v) is 3.98. The normalized spacial score (nSPS) is 22.5. The van der Waals surface area contributed by atoms with E-state index in [4.69, 9.17) is 14.2 Å². The molecular weight excluding hydrogens is 332 g/mol. The van der Waals surface area contributed by atoms with Crippen molar-refractivity contribution in [1.29, 1.82) is 0 Å². The standard InChI is InChI=1S/C17H20O8/c1-4-24-15(19)12-11(14(12)25-17(21)16(20)23-3)13(18)9-5-7-10(22-2)8-6-9/h5-8,11-14,18H,4H2,1-3H3/t11-,12+,13+,14+/m1/s1. The first-order valence-electron chi connectivity index (χ1n) is 7.72. The number of aliphatic hydroxyl groups is 1. The van der Waals surface area contributed by atoms with Gasteiger partial charge in [-0.3, -0.25) is 4.79 Å². The van der Waals surface area contributed by atoms with E-state index in [0.717, 1.165) is 7.11 Å². The molecule has 0 unspecified atom stereocenters. The number of aliphatic hydroxyl groups excluding tert-OH is 1. The van der Waals surface area contributed by atoms with Gasteiger partial charge in [0.05, 0.1) is 26.9 Å². The Labute approximate surface area is 144 Å². The molecular formula is C17H20O8. The Balaban J connectivity index is 2.14. The number of carbonyl (C=O) groups excluding carboxylic acids is 3. The lowest BCUT2D eigenvalue weighted by Gasteiger charge is -2.11. The SMILES string of the molecule is CCOC(=O)[C@@H]1[C@@H](OC(=O)C(=O)OC)[C@H]1[C@@H](O)c1ccc(OC)cc1. The second-order valence-electron chi connectivity index (χ2n) is 5.43. The number of benzene rings is 1. The largest absolute Gasteiger partial charge is 0.497 e. The van der Waals surface area contributed by atoms with E-state index in [2.05, 4.69) is 4.74 Å². The van der Waals surface area contributed by atoms with Gasteiger partial charge in [0.2, 0.25) is 0 Å². The number of carbonyl (C=O) groups is 3. The van der Waals surface area contributed by atoms with Crippen LogP contribution in [0, 0.1) is 11.8 Å². The Hall–Kier alpha value is -2.61. The van der Waals surface area contributed by atoms with E-state index < -0.39 is 42.0 Å². The molecule has 2 rings (SSSR count). The second-order valence-corrected chi connectivity index (χ2v) is 5.43. The summed E-state index contributed by atoms with van der Waals surface area (Å²) < 4.78 is 19.3. The second kappa shape index (κ2) is 7.98. The molecule has 1 N–H and O–H groups in total. The lowest BCUT2D eigenvalue weighted by Crippen LogP contribution is -2.22. The van der Waals surface area contributed by atoms with Crippen LogP contribution in [0.4, 0.5) is 0 Å². The quantitative estimate of drug-likeness (QED) is 0.451. The topological polar surface area (TPSA) is 108 Å². The predicted molar refractivity (Wildman–Crippen MR) is 83.5 cm³/mol. The maximum absolute atomic E-state index is 12.0. The number of hydrogen-bond donors (Lipinski definition) is 1. The van der Waals surface area contributed by atoms with Gasteiger partial charge < -0.3 is 24.1 Å². The zero-order valence-electron chi connectivity index (χ0n) is 14.1. The Kier molecular flexibility index (Phi) is 5.97. The molecule has 0 aromatic heterocycles. The molecule has 8 nitrogen and oxygen atoms in total. The third kappa shape index (κ3) is 4.08. The highest BCUT2D eigenvalue weighted by molar-refractivity contribution is 6.29. The van der Waals surface area contributed by atoms with E-state index in [1.807, 2.05) is 0 Å². The lowest BCUT2D eigenvalue weighted by molar-refractivity contribution is -0.168. The van der Waals surface area contributed by atoms with E-state index >= 15 is 0 Å². The Morgan fingerprint density at radius 3 is 2.28 bits per heavy atom. The Morgan fingerprint density at radius 2 is 1.76 bits per heavy atom. The van der Waals surface area contributed by atoms with Crippen LogP contribution in [-0.2, 0) is 28.6 Å². The van der Waals surface area contributed by atoms with Crippen LogP contribution in [0.5, 0.6) is 5.75 Å². The lowest BCUT2D eigenvalue weighted by atomic mass is 10.0. The average Bonchev–Trinajstić information content (AvgIpc) is 3.34. The van der Waals surface area contributed by atoms with Crippen LogP contribution in [-0.4, -0.2) is 49.9 Å². The number of rotatable bonds is 6. The Bertz CT molecular complexity index is 639. The van der Waals surface area contributed by atoms with Crippen molar-refractivity contribution in [1.82, 2.24) is 0 Å². The zero-order valence-corrected chi connectivity index (χ0v) is 14.1. The van der Waals surface area contributed by atoms with Crippen molar-refractivity contribution in [3.63, 3.8) is 0 Å². The third-order valence-electron chi connectivity index (χ3n) is 3.98. The molecule has 1 aliphatic carbocycles. The fourth-order valence-electron chi connectivity index (χ4n) is 2.64. The minimum absolute atomic E-state index is 0.151. The summed E-state index contributed by atoms with van der Waals surface area (Å²) in [5.41, 5.74) is 0.525. The summed E-state index contributed by atoms with van der Waals surface area (Å²) in [5, 5.41) is 10.5. The first-order chi connectivity index (χ1) is 11.9. The molecule has 8 heteroatoms. The summed E-state index contributed by atoms with van der Waals surface area (Å²) in [7, 11) is 2.56. The maximum atomic E-state index is 12.0. The van der Waals surface area contributed by atoms with E-state index in [-0.39, 0.29) is 6.61 Å². The molecule has 0 saturated heterocycles. The van der Waals surface area contributed by atoms with Crippen molar-refractivity contribution in [3.8, 4) is 5.75 Å². The highest BCUT2D eigenvalue weighted by atomic mass is 16.6. The molecule has 0 bridgehead atoms. The summed E-state index contributed by atoms with van der Waals surface area (Å²) in [6, 6.07) is 6.61. The van der Waals surface area contributed by atoms with Gasteiger partial charge in [-0.1, -0.05) is 12.1 Å². The molecule has 4 atom stereocenters. The summed E-state index contributed by atoms with van der Waals surface area (Å²) in [4.78, 5) is 34.8. The molecule has 0 aliphatic heterocycles. The van der Waals surface area contributed by atoms with Gasteiger partial charge in [0.1, 0.15) is 17.8 Å². The van der Waals surface area contributed by atoms with Gasteiger partial charge in [-0.2, -0.15) is 0 Å². The molecule has 0 amide bonds. The molecule has 1 aliphatic rings. The van der Waals surface area contributed by atoms with E-state index in [9.17, 15) is 19.5 Å². The van der Waals surface area contributed by atoms with Gasteiger partial charge in [-0.05, 0) is 24.6 Å². The van der Waals surface area contributed by atoms with Crippen LogP contribution in [0.2, 0.25) is 0 Å². The average molecular weight is 352 g/mol. The van der Waals surface area contributed by atoms with Crippen molar-refractivity contribution in [2.24, 2.45) is 11.8 Å². The van der Waals surface area contributed by atoms with Gasteiger partial charge in [0.25, 0.3) is 0 Å². The summed E-state index contributed by atoms with van der Waals surface area (Å²) in [6.45, 7) is 1.79. The monoisotopic (exact) mass is 352 g/mol. The molecule has 25 heavy (non-hydrogen) atoms. The summed E-state index contributed by atoms with van der Waals surface area (Å²) >= 11 is 0. The van der Waals surface area contributed by atoms with E-state index in [0.29, 0.717) is 11.3 Å². The molecule has 1 aromatic rings. The first kappa shape index (κ1) is 18.7. The number of methoxy groups -OCH3 is 2. The minimum atomic E-state index is -1.22. The van der Waals surface area contributed by atoms with Gasteiger partial charge in [0.15, 0.2) is 0 Å². The Morgan fingerprint density at radius 1 is 1.12 bits per heavy atom. The van der Waals surface area contributed by atoms with Crippen molar-refractivity contribution in [2.45, 2.75) is 19.1 Å². The van der Waals surface area contributed by atoms with Crippen LogP contribution < -0.4 is 4.74 Å². The van der Waals surface area contributed by atoms with Crippen LogP contribution in [0.15, 0.2) is 24.3 Å². The van der Waals surface area contributed by atoms with Crippen LogP contribution in [0.1, 0.15) is 18.6 Å². The van der Waals surface area contributed by atoms with Crippen LogP contribution in [0.3, 0.4) is 0 Å². The number of esters is 3. The van der Waals surface area contributed by atoms with Gasteiger partial charge >= 0.3 is 17.9 Å². The fraction of sp³-hybridized carbons (Fsp3) is 0.471. The molecule has 1 fully saturated rings. The first-order valence-corrected chi connectivity index (χ1v) is 7.72. The summed E-state index contributed by atoms with van der Waals surface area (Å²) in [6.07, 6.45) is -2.03. The van der Waals surface area contributed by atoms with Crippen molar-refractivity contribution >= 4 is 17.9 Å². The molecule has 1 aromatic carbocycles. The zero-order chi connectivity index (χ0) is 18.6. The van der Waals surface area contributed by atoms with E-state index in [1.165, 1.54) is 7.11 Å². The van der Waals surface area contributed by atoms with Crippen LogP contribution >= 0.6 is 0 Å². The van der Waals surface area contributed by atoms with Gasteiger partial charge in [-0.15, -0.1) is 0 Å². The van der Waals surface area contributed by atoms with Crippen molar-refractivity contribution in [3.05, 3.63) is 29.8 Å². The highest BCUT2D eigenvalue weighted by Gasteiger charge is 2.62. The number of hydrogen-bond acceptors (Lipinski definition) is 8. The van der Waals surface area contributed by atoms with Crippen molar-refractivity contribution in [2.75, 3.05) is 20.8 Å². The van der Waals surface area contributed by atoms with Crippen LogP contribution in [0.25, 0.3) is 0 Å². The molecule has 0 spiro atoms. The smallest absolute Gasteiger partial charge is 0.417 e.